The highest BCUT2D eigenvalue weighted by Gasteiger charge is 2.22. The topological polar surface area (TPSA) is 41.1 Å². The molecule has 20 heavy (non-hydrogen) atoms. The van der Waals surface area contributed by atoms with Crippen LogP contribution in [0.5, 0.6) is 0 Å². The first kappa shape index (κ1) is 18.9. The molecule has 4 heteroatoms. The van der Waals surface area contributed by atoms with E-state index in [1.165, 1.54) is 0 Å². The maximum atomic E-state index is 12.1. The van der Waals surface area contributed by atoms with E-state index in [0.29, 0.717) is 12.3 Å². The Morgan fingerprint density at radius 3 is 2.40 bits per heavy atom. The fourth-order valence-electron chi connectivity index (χ4n) is 1.77. The maximum Gasteiger partial charge on any atom is 0.224 e. The number of halogens is 1. The van der Waals surface area contributed by atoms with Gasteiger partial charge in [-0.1, -0.05) is 45.9 Å². The molecule has 1 aromatic rings. The van der Waals surface area contributed by atoms with Gasteiger partial charge in [0.05, 0.1) is 0 Å². The summed E-state index contributed by atoms with van der Waals surface area (Å²) in [4.78, 5) is 12.1. The number of carbonyl (C=O) groups is 1. The van der Waals surface area contributed by atoms with Gasteiger partial charge in [0.25, 0.3) is 0 Å². The van der Waals surface area contributed by atoms with Crippen molar-refractivity contribution in [3.8, 4) is 0 Å². The molecule has 0 heterocycles. The first-order valence-corrected chi connectivity index (χ1v) is 6.87. The van der Waals surface area contributed by atoms with E-state index in [-0.39, 0.29) is 23.7 Å². The van der Waals surface area contributed by atoms with Crippen LogP contribution in [0, 0.1) is 11.3 Å². The highest BCUT2D eigenvalue weighted by molar-refractivity contribution is 5.91. The molecule has 0 radical (unpaired) electrons. The van der Waals surface area contributed by atoms with Gasteiger partial charge in [-0.15, -0.1) is 12.4 Å². The molecule has 0 aromatic heterocycles. The van der Waals surface area contributed by atoms with Crippen LogP contribution in [0.4, 0.5) is 5.69 Å². The average Bonchev–Trinajstić information content (AvgIpc) is 2.30. The molecule has 0 spiro atoms. The van der Waals surface area contributed by atoms with Gasteiger partial charge in [0, 0.05) is 18.7 Å². The quantitative estimate of drug-likeness (QED) is 0.867. The summed E-state index contributed by atoms with van der Waals surface area (Å²) in [6.07, 6.45) is 0.553. The molecule has 0 aliphatic carbocycles. The molecular weight excluding hydrogens is 272 g/mol. The van der Waals surface area contributed by atoms with E-state index in [9.17, 15) is 4.79 Å². The highest BCUT2D eigenvalue weighted by Crippen LogP contribution is 2.28. The van der Waals surface area contributed by atoms with E-state index in [2.05, 4.69) is 38.3 Å². The number of para-hydroxylation sites is 1. The van der Waals surface area contributed by atoms with Crippen LogP contribution in [0.3, 0.4) is 0 Å². The number of hydrogen-bond donors (Lipinski definition) is 2. The summed E-state index contributed by atoms with van der Waals surface area (Å²) in [7, 11) is 1.90. The van der Waals surface area contributed by atoms with E-state index < -0.39 is 0 Å². The number of carbonyl (C=O) groups excluding carboxylic acids is 1. The van der Waals surface area contributed by atoms with Gasteiger partial charge in [-0.3, -0.25) is 4.79 Å². The van der Waals surface area contributed by atoms with E-state index in [1.807, 2.05) is 31.3 Å². The van der Waals surface area contributed by atoms with Crippen LogP contribution in [0.25, 0.3) is 0 Å². The average molecular weight is 299 g/mol. The number of hydrogen-bond acceptors (Lipinski definition) is 2. The minimum absolute atomic E-state index is 0. The summed E-state index contributed by atoms with van der Waals surface area (Å²) < 4.78 is 0. The SMILES string of the molecule is CNCc1ccccc1NC(=O)CC(C)C(C)(C)C.Cl. The number of benzene rings is 1. The van der Waals surface area contributed by atoms with Crippen LogP contribution in [-0.2, 0) is 11.3 Å². The normalized spacial score (nSPS) is 12.4. The van der Waals surface area contributed by atoms with Crippen molar-refractivity contribution < 1.29 is 4.79 Å². The Bertz CT molecular complexity index is 427. The van der Waals surface area contributed by atoms with Crippen molar-refractivity contribution in [3.63, 3.8) is 0 Å². The van der Waals surface area contributed by atoms with Crippen molar-refractivity contribution >= 4 is 24.0 Å². The molecule has 1 unspecified atom stereocenters. The van der Waals surface area contributed by atoms with Gasteiger partial charge < -0.3 is 10.6 Å². The lowest BCUT2D eigenvalue weighted by atomic mass is 9.80. The van der Waals surface area contributed by atoms with Gasteiger partial charge in [-0.25, -0.2) is 0 Å². The fourth-order valence-corrected chi connectivity index (χ4v) is 1.77. The van der Waals surface area contributed by atoms with Crippen LogP contribution in [0.1, 0.15) is 39.7 Å². The molecule has 0 fully saturated rings. The molecule has 1 rings (SSSR count). The third-order valence-electron chi connectivity index (χ3n) is 3.63. The second kappa shape index (κ2) is 8.28. The zero-order valence-electron chi connectivity index (χ0n) is 13.1. The predicted octanol–water partition coefficient (Wildman–Crippen LogP) is 3.84. The zero-order chi connectivity index (χ0) is 14.5. The van der Waals surface area contributed by atoms with Gasteiger partial charge in [0.15, 0.2) is 0 Å². The summed E-state index contributed by atoms with van der Waals surface area (Å²) in [5, 5.41) is 6.13. The highest BCUT2D eigenvalue weighted by atomic mass is 35.5. The number of amides is 1. The van der Waals surface area contributed by atoms with E-state index in [1.54, 1.807) is 0 Å². The second-order valence-corrected chi connectivity index (χ2v) is 6.21. The smallest absolute Gasteiger partial charge is 0.224 e. The molecule has 0 aliphatic heterocycles. The van der Waals surface area contributed by atoms with Gasteiger partial charge in [-0.05, 0) is 30.0 Å². The number of nitrogens with one attached hydrogen (secondary N) is 2. The van der Waals surface area contributed by atoms with Crippen molar-refractivity contribution in [1.29, 1.82) is 0 Å². The van der Waals surface area contributed by atoms with Crippen LogP contribution >= 0.6 is 12.4 Å². The lowest BCUT2D eigenvalue weighted by Crippen LogP contribution is -2.24. The van der Waals surface area contributed by atoms with Crippen molar-refractivity contribution in [1.82, 2.24) is 5.32 Å². The van der Waals surface area contributed by atoms with Crippen molar-refractivity contribution in [3.05, 3.63) is 29.8 Å². The van der Waals surface area contributed by atoms with Crippen LogP contribution in [0.15, 0.2) is 24.3 Å². The molecular formula is C16H27ClN2O. The third-order valence-corrected chi connectivity index (χ3v) is 3.63. The van der Waals surface area contributed by atoms with Crippen LogP contribution in [0.2, 0.25) is 0 Å². The minimum Gasteiger partial charge on any atom is -0.326 e. The Morgan fingerprint density at radius 1 is 1.25 bits per heavy atom. The molecule has 0 saturated carbocycles. The molecule has 1 aromatic carbocycles. The lowest BCUT2D eigenvalue weighted by molar-refractivity contribution is -0.117. The molecule has 3 nitrogen and oxygen atoms in total. The molecule has 0 bridgehead atoms. The number of anilines is 1. The van der Waals surface area contributed by atoms with Gasteiger partial charge in [0.2, 0.25) is 5.91 Å². The minimum atomic E-state index is 0. The third kappa shape index (κ3) is 5.93. The van der Waals surface area contributed by atoms with Crippen molar-refractivity contribution in [2.75, 3.05) is 12.4 Å². The monoisotopic (exact) mass is 298 g/mol. The van der Waals surface area contributed by atoms with Gasteiger partial charge in [0.1, 0.15) is 0 Å². The largest absolute Gasteiger partial charge is 0.326 e. The second-order valence-electron chi connectivity index (χ2n) is 6.21. The summed E-state index contributed by atoms with van der Waals surface area (Å²) in [5.74, 6) is 0.440. The molecule has 114 valence electrons. The molecule has 0 saturated heterocycles. The van der Waals surface area contributed by atoms with Gasteiger partial charge >= 0.3 is 0 Å². The Morgan fingerprint density at radius 2 is 1.85 bits per heavy atom. The Kier molecular flexibility index (Phi) is 7.84. The molecule has 0 aliphatic rings. The van der Waals surface area contributed by atoms with E-state index in [0.717, 1.165) is 17.8 Å². The molecule has 1 atom stereocenters. The van der Waals surface area contributed by atoms with E-state index >= 15 is 0 Å². The molecule has 1 amide bonds. The number of rotatable bonds is 5. The van der Waals surface area contributed by atoms with Crippen LogP contribution in [-0.4, -0.2) is 13.0 Å². The summed E-state index contributed by atoms with van der Waals surface area (Å²) in [5.41, 5.74) is 2.17. The van der Waals surface area contributed by atoms with Gasteiger partial charge in [-0.2, -0.15) is 0 Å². The van der Waals surface area contributed by atoms with E-state index in [4.69, 9.17) is 0 Å². The van der Waals surface area contributed by atoms with Crippen LogP contribution < -0.4 is 10.6 Å². The zero-order valence-corrected chi connectivity index (χ0v) is 13.9. The first-order valence-electron chi connectivity index (χ1n) is 6.87. The van der Waals surface area contributed by atoms with Crippen molar-refractivity contribution in [2.45, 2.75) is 40.7 Å². The van der Waals surface area contributed by atoms with Crippen molar-refractivity contribution in [2.24, 2.45) is 11.3 Å². The summed E-state index contributed by atoms with van der Waals surface area (Å²) in [6, 6.07) is 7.91. The standard InChI is InChI=1S/C16H26N2O.ClH/c1-12(16(2,3)4)10-15(19)18-14-9-7-6-8-13(14)11-17-5;/h6-9,12,17H,10-11H2,1-5H3,(H,18,19);1H. The fraction of sp³-hybridized carbons (Fsp3) is 0.562. The predicted molar refractivity (Wildman–Crippen MR) is 88.3 cm³/mol. The Hall–Kier alpha value is -1.06. The first-order chi connectivity index (χ1) is 8.84. The Balaban J connectivity index is 0.00000361. The maximum absolute atomic E-state index is 12.1. The molecule has 2 N–H and O–H groups in total. The Labute approximate surface area is 128 Å². The summed E-state index contributed by atoms with van der Waals surface area (Å²) >= 11 is 0. The summed E-state index contributed by atoms with van der Waals surface area (Å²) in [6.45, 7) is 9.38. The lowest BCUT2D eigenvalue weighted by Gasteiger charge is -2.26.